The Morgan fingerprint density at radius 2 is 2.32 bits per heavy atom. The van der Waals surface area contributed by atoms with Gasteiger partial charge in [0.25, 0.3) is 0 Å². The number of ether oxygens (including phenoxy) is 1. The Hall–Kier alpha value is -1.62. The van der Waals surface area contributed by atoms with Crippen LogP contribution in [0.25, 0.3) is 15.8 Å². The first-order valence-corrected chi connectivity index (χ1v) is 7.29. The van der Waals surface area contributed by atoms with Crippen LogP contribution in [0.1, 0.15) is 31.7 Å². The number of methoxy groups -OCH3 is 1. The molecular weight excluding hydrogens is 258 g/mol. The van der Waals surface area contributed by atoms with Crippen LogP contribution in [0.4, 0.5) is 5.13 Å². The Bertz CT molecular complexity index is 647. The zero-order valence-corrected chi connectivity index (χ0v) is 12.0. The van der Waals surface area contributed by atoms with Crippen LogP contribution < -0.4 is 10.5 Å². The molecule has 0 spiro atoms. The molecule has 1 aliphatic rings. The van der Waals surface area contributed by atoms with Gasteiger partial charge in [-0.3, -0.25) is 0 Å². The lowest BCUT2D eigenvalue weighted by molar-refractivity contribution is 0.402. The van der Waals surface area contributed by atoms with E-state index in [1.807, 2.05) is 6.20 Å². The number of fused-ring (bicyclic) bond motifs is 1. The van der Waals surface area contributed by atoms with Crippen LogP contribution in [0, 0.1) is 5.92 Å². The number of hydrogen-bond donors (Lipinski definition) is 1. The van der Waals surface area contributed by atoms with Crippen molar-refractivity contribution < 1.29 is 4.74 Å². The fourth-order valence-corrected chi connectivity index (χ4v) is 3.48. The van der Waals surface area contributed by atoms with E-state index in [1.54, 1.807) is 7.11 Å². The Morgan fingerprint density at radius 1 is 1.47 bits per heavy atom. The van der Waals surface area contributed by atoms with Crippen molar-refractivity contribution in [1.82, 2.24) is 9.97 Å². The van der Waals surface area contributed by atoms with E-state index in [1.165, 1.54) is 23.3 Å². The van der Waals surface area contributed by atoms with Crippen LogP contribution in [0.3, 0.4) is 0 Å². The molecule has 3 rings (SSSR count). The molecule has 19 heavy (non-hydrogen) atoms. The largest absolute Gasteiger partial charge is 0.479 e. The van der Waals surface area contributed by atoms with Gasteiger partial charge in [-0.2, -0.15) is 0 Å². The number of nitrogen functional groups attached to an aromatic ring is 1. The second-order valence-corrected chi connectivity index (χ2v) is 6.06. The molecule has 0 bridgehead atoms. The molecule has 100 valence electrons. The summed E-state index contributed by atoms with van der Waals surface area (Å²) >= 11 is 1.51. The molecule has 0 saturated heterocycles. The summed E-state index contributed by atoms with van der Waals surface area (Å²) in [5, 5.41) is 0.562. The van der Waals surface area contributed by atoms with Crippen molar-refractivity contribution in [2.24, 2.45) is 5.92 Å². The number of hydrogen-bond acceptors (Lipinski definition) is 5. The predicted octanol–water partition coefficient (Wildman–Crippen LogP) is 3.49. The number of rotatable bonds is 2. The molecule has 1 atom stereocenters. The molecule has 0 saturated carbocycles. The van der Waals surface area contributed by atoms with Gasteiger partial charge in [-0.05, 0) is 30.8 Å². The highest BCUT2D eigenvalue weighted by atomic mass is 32.1. The van der Waals surface area contributed by atoms with Gasteiger partial charge < -0.3 is 10.5 Å². The van der Waals surface area contributed by atoms with E-state index in [0.717, 1.165) is 34.5 Å². The third kappa shape index (κ3) is 2.18. The van der Waals surface area contributed by atoms with Gasteiger partial charge in [0.2, 0.25) is 5.88 Å². The molecule has 0 radical (unpaired) electrons. The topological polar surface area (TPSA) is 61.0 Å². The molecule has 0 amide bonds. The minimum Gasteiger partial charge on any atom is -0.479 e. The Labute approximate surface area is 116 Å². The molecule has 0 aromatic carbocycles. The quantitative estimate of drug-likeness (QED) is 0.911. The monoisotopic (exact) mass is 275 g/mol. The number of thiazole rings is 1. The number of nitrogens with two attached hydrogens (primary N) is 1. The average Bonchev–Trinajstić information content (AvgIpc) is 2.78. The maximum Gasteiger partial charge on any atom is 0.241 e. The van der Waals surface area contributed by atoms with Gasteiger partial charge in [0, 0.05) is 11.8 Å². The summed E-state index contributed by atoms with van der Waals surface area (Å²) in [7, 11) is 1.61. The lowest BCUT2D eigenvalue weighted by Gasteiger charge is -2.19. The van der Waals surface area contributed by atoms with Crippen LogP contribution >= 0.6 is 11.3 Å². The average molecular weight is 275 g/mol. The normalized spacial score (nSPS) is 19.5. The molecule has 0 fully saturated rings. The van der Waals surface area contributed by atoms with Crippen molar-refractivity contribution in [3.63, 3.8) is 0 Å². The van der Waals surface area contributed by atoms with E-state index in [0.29, 0.717) is 11.0 Å². The van der Waals surface area contributed by atoms with E-state index >= 15 is 0 Å². The Kier molecular flexibility index (Phi) is 3.14. The molecule has 2 aromatic heterocycles. The van der Waals surface area contributed by atoms with Crippen molar-refractivity contribution in [3.8, 4) is 5.88 Å². The second kappa shape index (κ2) is 4.81. The van der Waals surface area contributed by atoms with Gasteiger partial charge in [0.05, 0.1) is 11.8 Å². The highest BCUT2D eigenvalue weighted by Gasteiger charge is 2.19. The maximum atomic E-state index is 5.84. The number of pyridine rings is 1. The molecule has 2 heterocycles. The SMILES string of the molecule is COc1ncc(C2=CCCC(C)C2)c2sc(N)nc12. The molecule has 0 aliphatic heterocycles. The van der Waals surface area contributed by atoms with Gasteiger partial charge in [0.1, 0.15) is 5.52 Å². The molecule has 2 aromatic rings. The van der Waals surface area contributed by atoms with Crippen molar-refractivity contribution in [1.29, 1.82) is 0 Å². The minimum absolute atomic E-state index is 0.552. The minimum atomic E-state index is 0.552. The van der Waals surface area contributed by atoms with Gasteiger partial charge in [-0.25, -0.2) is 9.97 Å². The molecule has 1 unspecified atom stereocenters. The lowest BCUT2D eigenvalue weighted by Crippen LogP contribution is -2.02. The summed E-state index contributed by atoms with van der Waals surface area (Å²) in [5.41, 5.74) is 9.15. The first-order chi connectivity index (χ1) is 9.19. The number of aromatic nitrogens is 2. The second-order valence-electron chi connectivity index (χ2n) is 5.03. The van der Waals surface area contributed by atoms with Crippen LogP contribution in [0.5, 0.6) is 5.88 Å². The number of anilines is 1. The van der Waals surface area contributed by atoms with Crippen molar-refractivity contribution >= 4 is 32.3 Å². The molecule has 5 heteroatoms. The van der Waals surface area contributed by atoms with Gasteiger partial charge in [0.15, 0.2) is 5.13 Å². The maximum absolute atomic E-state index is 5.84. The fraction of sp³-hybridized carbons (Fsp3) is 0.429. The van der Waals surface area contributed by atoms with Crippen molar-refractivity contribution in [2.75, 3.05) is 12.8 Å². The zero-order valence-electron chi connectivity index (χ0n) is 11.1. The van der Waals surface area contributed by atoms with E-state index in [4.69, 9.17) is 10.5 Å². The van der Waals surface area contributed by atoms with Crippen molar-refractivity contribution in [3.05, 3.63) is 17.8 Å². The highest BCUT2D eigenvalue weighted by Crippen LogP contribution is 2.39. The van der Waals surface area contributed by atoms with E-state index in [9.17, 15) is 0 Å². The summed E-state index contributed by atoms with van der Waals surface area (Å²) in [6, 6.07) is 0. The number of nitrogens with zero attached hydrogens (tertiary/aromatic N) is 2. The smallest absolute Gasteiger partial charge is 0.241 e. The first-order valence-electron chi connectivity index (χ1n) is 6.47. The molecular formula is C14H17N3OS. The third-order valence-electron chi connectivity index (χ3n) is 3.56. The highest BCUT2D eigenvalue weighted by molar-refractivity contribution is 7.22. The van der Waals surface area contributed by atoms with Crippen LogP contribution in [0.15, 0.2) is 12.3 Å². The standard InChI is InChI=1S/C14H17N3OS/c1-8-4-3-5-9(6-8)10-7-16-13(18-2)11-12(10)19-14(15)17-11/h5,7-8H,3-4,6H2,1-2H3,(H2,15,17). The Morgan fingerprint density at radius 3 is 3.05 bits per heavy atom. The van der Waals surface area contributed by atoms with Gasteiger partial charge in [-0.15, -0.1) is 0 Å². The third-order valence-corrected chi connectivity index (χ3v) is 4.48. The summed E-state index contributed by atoms with van der Waals surface area (Å²) in [6.45, 7) is 2.29. The van der Waals surface area contributed by atoms with E-state index < -0.39 is 0 Å². The predicted molar refractivity (Wildman–Crippen MR) is 79.4 cm³/mol. The first kappa shape index (κ1) is 12.4. The zero-order chi connectivity index (χ0) is 13.4. The molecule has 4 nitrogen and oxygen atoms in total. The van der Waals surface area contributed by atoms with E-state index in [2.05, 4.69) is 23.0 Å². The summed E-state index contributed by atoms with van der Waals surface area (Å²) in [5.74, 6) is 1.28. The number of allylic oxidation sites excluding steroid dienone is 2. The van der Waals surface area contributed by atoms with E-state index in [-0.39, 0.29) is 0 Å². The molecule has 1 aliphatic carbocycles. The summed E-state index contributed by atoms with van der Waals surface area (Å²) in [4.78, 5) is 8.70. The van der Waals surface area contributed by atoms with Crippen molar-refractivity contribution in [2.45, 2.75) is 26.2 Å². The van der Waals surface area contributed by atoms with Crippen LogP contribution in [-0.4, -0.2) is 17.1 Å². The van der Waals surface area contributed by atoms with Crippen LogP contribution in [-0.2, 0) is 0 Å². The Balaban J connectivity index is 2.16. The van der Waals surface area contributed by atoms with Gasteiger partial charge in [-0.1, -0.05) is 24.3 Å². The summed E-state index contributed by atoms with van der Waals surface area (Å²) in [6.07, 6.45) is 7.71. The van der Waals surface area contributed by atoms with Gasteiger partial charge >= 0.3 is 0 Å². The fourth-order valence-electron chi connectivity index (χ4n) is 2.61. The van der Waals surface area contributed by atoms with Crippen LogP contribution in [0.2, 0.25) is 0 Å². The molecule has 2 N–H and O–H groups in total. The summed E-state index contributed by atoms with van der Waals surface area (Å²) < 4.78 is 6.35. The lowest BCUT2D eigenvalue weighted by atomic mass is 9.87.